The summed E-state index contributed by atoms with van der Waals surface area (Å²) in [6, 6.07) is -1.02. The summed E-state index contributed by atoms with van der Waals surface area (Å²) in [5, 5.41) is 0. The maximum absolute atomic E-state index is 12.4. The maximum atomic E-state index is 12.4. The second-order valence-electron chi connectivity index (χ2n) is 4.81. The van der Waals surface area contributed by atoms with Crippen molar-refractivity contribution in [3.63, 3.8) is 0 Å². The van der Waals surface area contributed by atoms with Gasteiger partial charge in [0.25, 0.3) is 0 Å². The molecule has 2 aliphatic heterocycles. The topological polar surface area (TPSA) is 40.6 Å². The second kappa shape index (κ2) is 4.40. The van der Waals surface area contributed by atoms with E-state index in [0.717, 1.165) is 19.3 Å². The molecular formula is C13H18N2O2. The Morgan fingerprint density at radius 2 is 2.06 bits per heavy atom. The molecule has 2 amide bonds. The summed E-state index contributed by atoms with van der Waals surface area (Å²) in [6.45, 7) is 4.26. The Bertz CT molecular complexity index is 385. The van der Waals surface area contributed by atoms with Crippen molar-refractivity contribution in [1.82, 2.24) is 9.80 Å². The molecule has 0 radical (unpaired) electrons. The Hall–Kier alpha value is -1.50. The van der Waals surface area contributed by atoms with Crippen LogP contribution in [0.3, 0.4) is 0 Å². The van der Waals surface area contributed by atoms with E-state index in [4.69, 9.17) is 6.42 Å². The van der Waals surface area contributed by atoms with E-state index < -0.39 is 6.04 Å². The molecule has 2 rings (SSSR count). The van der Waals surface area contributed by atoms with Gasteiger partial charge in [0.15, 0.2) is 0 Å². The van der Waals surface area contributed by atoms with Gasteiger partial charge in [-0.25, -0.2) is 0 Å². The van der Waals surface area contributed by atoms with Gasteiger partial charge in [-0.15, -0.1) is 6.42 Å². The van der Waals surface area contributed by atoms with Crippen molar-refractivity contribution >= 4 is 11.8 Å². The molecule has 0 aromatic carbocycles. The molecule has 2 heterocycles. The van der Waals surface area contributed by atoms with Crippen LogP contribution in [0, 0.1) is 12.3 Å². The van der Waals surface area contributed by atoms with Crippen LogP contribution in [0.4, 0.5) is 0 Å². The Morgan fingerprint density at radius 1 is 1.35 bits per heavy atom. The fourth-order valence-corrected chi connectivity index (χ4v) is 2.78. The molecule has 0 saturated carbocycles. The maximum Gasteiger partial charge on any atom is 0.247 e. The zero-order valence-electron chi connectivity index (χ0n) is 10.3. The van der Waals surface area contributed by atoms with Gasteiger partial charge in [0.2, 0.25) is 11.8 Å². The number of nitrogens with zero attached hydrogens (tertiary/aromatic N) is 2. The fraction of sp³-hybridized carbons (Fsp3) is 0.692. The lowest BCUT2D eigenvalue weighted by molar-refractivity contribution is -0.164. The first-order valence-electron chi connectivity index (χ1n) is 6.16. The highest BCUT2D eigenvalue weighted by Gasteiger charge is 2.45. The number of terminal acetylenes is 1. The first-order valence-corrected chi connectivity index (χ1v) is 6.16. The molecule has 3 atom stereocenters. The molecule has 2 fully saturated rings. The van der Waals surface area contributed by atoms with Crippen molar-refractivity contribution in [3.8, 4) is 12.3 Å². The standard InChI is InChI=1S/C13H18N2O2/c1-4-9(2)15-10(3)12(16)14-8-6-5-7-11(14)13(15)17/h1,9-11H,5-8H2,2-3H3. The molecule has 0 N–H and O–H groups in total. The first-order chi connectivity index (χ1) is 8.07. The third kappa shape index (κ3) is 1.80. The van der Waals surface area contributed by atoms with E-state index in [1.165, 1.54) is 0 Å². The van der Waals surface area contributed by atoms with E-state index in [1.807, 2.05) is 0 Å². The highest BCUT2D eigenvalue weighted by molar-refractivity contribution is 5.97. The fourth-order valence-electron chi connectivity index (χ4n) is 2.78. The van der Waals surface area contributed by atoms with E-state index in [9.17, 15) is 9.59 Å². The van der Waals surface area contributed by atoms with E-state index in [0.29, 0.717) is 6.54 Å². The number of carbonyl (C=O) groups is 2. The monoisotopic (exact) mass is 234 g/mol. The average molecular weight is 234 g/mol. The predicted molar refractivity (Wildman–Crippen MR) is 64.0 cm³/mol. The summed E-state index contributed by atoms with van der Waals surface area (Å²) in [6.07, 6.45) is 8.14. The Kier molecular flexibility index (Phi) is 3.10. The number of piperazine rings is 1. The van der Waals surface area contributed by atoms with E-state index in [1.54, 1.807) is 23.6 Å². The summed E-state index contributed by atoms with van der Waals surface area (Å²) in [5.74, 6) is 2.60. The lowest BCUT2D eigenvalue weighted by atomic mass is 9.95. The number of piperidine rings is 1. The minimum absolute atomic E-state index is 0.0160. The lowest BCUT2D eigenvalue weighted by Crippen LogP contribution is -2.66. The van der Waals surface area contributed by atoms with Gasteiger partial charge in [0.05, 0.1) is 6.04 Å². The molecule has 0 aliphatic carbocycles. The van der Waals surface area contributed by atoms with Crippen molar-refractivity contribution in [2.75, 3.05) is 6.54 Å². The first kappa shape index (κ1) is 12.0. The summed E-state index contributed by atoms with van der Waals surface area (Å²) >= 11 is 0. The smallest absolute Gasteiger partial charge is 0.247 e. The quantitative estimate of drug-likeness (QED) is 0.624. The Labute approximate surface area is 102 Å². The van der Waals surface area contributed by atoms with Gasteiger partial charge in [-0.05, 0) is 33.1 Å². The number of fused-ring (bicyclic) bond motifs is 1. The van der Waals surface area contributed by atoms with Gasteiger partial charge in [-0.3, -0.25) is 9.59 Å². The molecule has 0 spiro atoms. The molecule has 4 nitrogen and oxygen atoms in total. The van der Waals surface area contributed by atoms with E-state index >= 15 is 0 Å². The molecule has 0 bridgehead atoms. The number of carbonyl (C=O) groups excluding carboxylic acids is 2. The minimum atomic E-state index is -0.428. The number of hydrogen-bond acceptors (Lipinski definition) is 2. The molecule has 3 unspecified atom stereocenters. The van der Waals surface area contributed by atoms with Gasteiger partial charge < -0.3 is 9.80 Å². The van der Waals surface area contributed by atoms with Gasteiger partial charge in [0.1, 0.15) is 12.1 Å². The molecular weight excluding hydrogens is 216 g/mol. The molecule has 4 heteroatoms. The van der Waals surface area contributed by atoms with Crippen LogP contribution in [0.15, 0.2) is 0 Å². The van der Waals surface area contributed by atoms with Gasteiger partial charge in [-0.1, -0.05) is 5.92 Å². The van der Waals surface area contributed by atoms with Crippen LogP contribution < -0.4 is 0 Å². The molecule has 17 heavy (non-hydrogen) atoms. The van der Waals surface area contributed by atoms with Crippen molar-refractivity contribution < 1.29 is 9.59 Å². The third-order valence-corrected chi connectivity index (χ3v) is 3.76. The van der Waals surface area contributed by atoms with Gasteiger partial charge >= 0.3 is 0 Å². The van der Waals surface area contributed by atoms with Crippen LogP contribution >= 0.6 is 0 Å². The van der Waals surface area contributed by atoms with Crippen LogP contribution in [0.1, 0.15) is 33.1 Å². The molecule has 0 aromatic heterocycles. The molecule has 0 aromatic rings. The number of rotatable bonds is 1. The lowest BCUT2D eigenvalue weighted by Gasteiger charge is -2.47. The summed E-state index contributed by atoms with van der Waals surface area (Å²) in [4.78, 5) is 27.8. The van der Waals surface area contributed by atoms with Gasteiger partial charge in [0, 0.05) is 6.54 Å². The van der Waals surface area contributed by atoms with Crippen LogP contribution in [-0.4, -0.2) is 46.3 Å². The van der Waals surface area contributed by atoms with Crippen molar-refractivity contribution in [2.45, 2.75) is 51.2 Å². The number of hydrogen-bond donors (Lipinski definition) is 0. The predicted octanol–water partition coefficient (Wildman–Crippen LogP) is 0.620. The average Bonchev–Trinajstić information content (AvgIpc) is 2.36. The molecule has 92 valence electrons. The molecule has 2 saturated heterocycles. The van der Waals surface area contributed by atoms with Gasteiger partial charge in [-0.2, -0.15) is 0 Å². The van der Waals surface area contributed by atoms with Crippen LogP contribution in [0.5, 0.6) is 0 Å². The van der Waals surface area contributed by atoms with Crippen LogP contribution in [0.2, 0.25) is 0 Å². The Morgan fingerprint density at radius 3 is 2.71 bits per heavy atom. The van der Waals surface area contributed by atoms with Crippen LogP contribution in [-0.2, 0) is 9.59 Å². The van der Waals surface area contributed by atoms with E-state index in [2.05, 4.69) is 5.92 Å². The van der Waals surface area contributed by atoms with Crippen molar-refractivity contribution in [1.29, 1.82) is 0 Å². The highest BCUT2D eigenvalue weighted by Crippen LogP contribution is 2.27. The molecule has 2 aliphatic rings. The third-order valence-electron chi connectivity index (χ3n) is 3.76. The van der Waals surface area contributed by atoms with Crippen molar-refractivity contribution in [2.24, 2.45) is 0 Å². The minimum Gasteiger partial charge on any atom is -0.329 e. The SMILES string of the molecule is C#CC(C)N1C(=O)C2CCCCN2C(=O)C1C. The van der Waals surface area contributed by atoms with E-state index in [-0.39, 0.29) is 23.9 Å². The summed E-state index contributed by atoms with van der Waals surface area (Å²) in [7, 11) is 0. The van der Waals surface area contributed by atoms with Crippen molar-refractivity contribution in [3.05, 3.63) is 0 Å². The summed E-state index contributed by atoms with van der Waals surface area (Å²) in [5.41, 5.74) is 0. The number of amides is 2. The zero-order valence-corrected chi connectivity index (χ0v) is 10.3. The Balaban J connectivity index is 2.29. The zero-order chi connectivity index (χ0) is 12.6. The van der Waals surface area contributed by atoms with Crippen LogP contribution in [0.25, 0.3) is 0 Å². The second-order valence-corrected chi connectivity index (χ2v) is 4.81. The summed E-state index contributed by atoms with van der Waals surface area (Å²) < 4.78 is 0. The largest absolute Gasteiger partial charge is 0.329 e. The highest BCUT2D eigenvalue weighted by atomic mass is 16.2. The normalized spacial score (nSPS) is 30.9.